The first-order chi connectivity index (χ1) is 6.32. The second kappa shape index (κ2) is 3.97. The first kappa shape index (κ1) is 11.6. The standard InChI is InChI=1S/C13H22Si/c1-10(14(5)6)11-7-8-12(9-11)13(2,3)4/h8-9H,7H2,1-6H3. The summed E-state index contributed by atoms with van der Waals surface area (Å²) < 4.78 is 0. The van der Waals surface area contributed by atoms with Gasteiger partial charge in [0.15, 0.2) is 0 Å². The fraction of sp³-hybridized carbons (Fsp3) is 0.615. The molecule has 0 N–H and O–H groups in total. The molecule has 0 aliphatic heterocycles. The van der Waals surface area contributed by atoms with E-state index in [0.717, 1.165) is 6.42 Å². The first-order valence-electron chi connectivity index (χ1n) is 5.38. The average molecular weight is 206 g/mol. The zero-order valence-corrected chi connectivity index (χ0v) is 11.4. The van der Waals surface area contributed by atoms with Crippen LogP contribution in [0.3, 0.4) is 0 Å². The van der Waals surface area contributed by atoms with Crippen LogP contribution in [0.25, 0.3) is 0 Å². The van der Waals surface area contributed by atoms with Crippen LogP contribution < -0.4 is 0 Å². The Morgan fingerprint density at radius 2 is 1.86 bits per heavy atom. The van der Waals surface area contributed by atoms with Crippen molar-refractivity contribution < 1.29 is 0 Å². The predicted molar refractivity (Wildman–Crippen MR) is 68.4 cm³/mol. The van der Waals surface area contributed by atoms with Gasteiger partial charge in [0.2, 0.25) is 0 Å². The minimum Gasteiger partial charge on any atom is -0.0764 e. The summed E-state index contributed by atoms with van der Waals surface area (Å²) in [5.74, 6) is 0. The number of hydrogen-bond acceptors (Lipinski definition) is 0. The van der Waals surface area contributed by atoms with Gasteiger partial charge in [-0.1, -0.05) is 51.2 Å². The molecule has 0 unspecified atom stereocenters. The van der Waals surface area contributed by atoms with Gasteiger partial charge < -0.3 is 0 Å². The van der Waals surface area contributed by atoms with E-state index in [9.17, 15) is 0 Å². The zero-order valence-electron chi connectivity index (χ0n) is 10.4. The molecular weight excluding hydrogens is 184 g/mol. The SMILES string of the molecule is CC(C1=CC(C(C)(C)C)=CC1)=[Si](C)C. The van der Waals surface area contributed by atoms with E-state index in [0.29, 0.717) is 5.41 Å². The highest BCUT2D eigenvalue weighted by Gasteiger charge is 2.19. The van der Waals surface area contributed by atoms with Crippen LogP contribution in [0.1, 0.15) is 34.1 Å². The Labute approximate surface area is 90.0 Å². The normalized spacial score (nSPS) is 16.4. The molecule has 0 aromatic rings. The summed E-state index contributed by atoms with van der Waals surface area (Å²) in [6, 6.07) is 0. The highest BCUT2D eigenvalue weighted by Crippen LogP contribution is 2.32. The predicted octanol–water partition coefficient (Wildman–Crippen LogP) is 3.82. The fourth-order valence-corrected chi connectivity index (χ4v) is 2.45. The Bertz CT molecular complexity index is 318. The number of hydrogen-bond donors (Lipinski definition) is 0. The molecule has 0 amide bonds. The molecule has 0 spiro atoms. The van der Waals surface area contributed by atoms with E-state index >= 15 is 0 Å². The van der Waals surface area contributed by atoms with Gasteiger partial charge in [0.05, 0.1) is 0 Å². The van der Waals surface area contributed by atoms with Crippen molar-refractivity contribution in [1.29, 1.82) is 0 Å². The first-order valence-corrected chi connectivity index (χ1v) is 7.88. The second-order valence-corrected chi connectivity index (χ2v) is 8.16. The highest BCUT2D eigenvalue weighted by atomic mass is 28.2. The van der Waals surface area contributed by atoms with Crippen molar-refractivity contribution in [2.75, 3.05) is 0 Å². The zero-order chi connectivity index (χ0) is 10.9. The molecule has 0 radical (unpaired) electrons. The molecule has 1 aliphatic carbocycles. The van der Waals surface area contributed by atoms with E-state index in [1.165, 1.54) is 5.57 Å². The molecule has 14 heavy (non-hydrogen) atoms. The Hall–Kier alpha value is -0.433. The van der Waals surface area contributed by atoms with Gasteiger partial charge in [0.1, 0.15) is 0 Å². The molecule has 0 saturated heterocycles. The Morgan fingerprint density at radius 3 is 2.21 bits per heavy atom. The molecule has 1 heteroatoms. The highest BCUT2D eigenvalue weighted by molar-refractivity contribution is 6.71. The van der Waals surface area contributed by atoms with Gasteiger partial charge in [-0.05, 0) is 29.9 Å². The summed E-state index contributed by atoms with van der Waals surface area (Å²) in [5.41, 5.74) is 3.40. The molecule has 78 valence electrons. The van der Waals surface area contributed by atoms with Gasteiger partial charge >= 0.3 is 0 Å². The minimum absolute atomic E-state index is 0.248. The lowest BCUT2D eigenvalue weighted by atomic mass is 9.87. The maximum atomic E-state index is 2.41. The molecule has 0 nitrogen and oxygen atoms in total. The van der Waals surface area contributed by atoms with E-state index in [-0.39, 0.29) is 8.41 Å². The van der Waals surface area contributed by atoms with Crippen LogP contribution in [0.5, 0.6) is 0 Å². The molecule has 1 rings (SSSR count). The lowest BCUT2D eigenvalue weighted by molar-refractivity contribution is 0.518. The fourth-order valence-electron chi connectivity index (χ4n) is 1.63. The summed E-state index contributed by atoms with van der Waals surface area (Å²) in [7, 11) is -0.248. The maximum absolute atomic E-state index is 2.41. The molecular formula is C13H22Si. The maximum Gasteiger partial charge on any atom is 0.00747 e. The largest absolute Gasteiger partial charge is 0.0764 e. The van der Waals surface area contributed by atoms with Crippen molar-refractivity contribution in [2.24, 2.45) is 5.41 Å². The van der Waals surface area contributed by atoms with Gasteiger partial charge in [-0.25, -0.2) is 0 Å². The minimum atomic E-state index is -0.248. The molecule has 0 saturated carbocycles. The summed E-state index contributed by atoms with van der Waals surface area (Å²) in [6.45, 7) is 13.9. The molecule has 0 aromatic carbocycles. The van der Waals surface area contributed by atoms with Crippen LogP contribution in [0.15, 0.2) is 23.3 Å². The summed E-state index contributed by atoms with van der Waals surface area (Å²) in [5, 5.41) is 1.64. The van der Waals surface area contributed by atoms with Crippen molar-refractivity contribution in [2.45, 2.75) is 47.2 Å². The van der Waals surface area contributed by atoms with Crippen molar-refractivity contribution in [1.82, 2.24) is 0 Å². The van der Waals surface area contributed by atoms with Crippen LogP contribution in [0.2, 0.25) is 13.1 Å². The van der Waals surface area contributed by atoms with Gasteiger partial charge in [0.25, 0.3) is 0 Å². The van der Waals surface area contributed by atoms with Crippen molar-refractivity contribution in [3.05, 3.63) is 23.3 Å². The Kier molecular flexibility index (Phi) is 3.30. The lowest BCUT2D eigenvalue weighted by Crippen LogP contribution is -2.08. The van der Waals surface area contributed by atoms with Crippen LogP contribution in [0, 0.1) is 5.41 Å². The third-order valence-electron chi connectivity index (χ3n) is 2.97. The van der Waals surface area contributed by atoms with Crippen LogP contribution in [-0.4, -0.2) is 13.6 Å². The monoisotopic (exact) mass is 206 g/mol. The third kappa shape index (κ3) is 2.54. The number of rotatable bonds is 1. The van der Waals surface area contributed by atoms with E-state index < -0.39 is 0 Å². The third-order valence-corrected chi connectivity index (χ3v) is 4.79. The van der Waals surface area contributed by atoms with Gasteiger partial charge in [-0.3, -0.25) is 0 Å². The quantitative estimate of drug-likeness (QED) is 0.572. The number of allylic oxidation sites excluding steroid dienone is 4. The molecule has 0 fully saturated rings. The molecule has 0 aromatic heterocycles. The van der Waals surface area contributed by atoms with Gasteiger partial charge in [-0.15, -0.1) is 0 Å². The topological polar surface area (TPSA) is 0 Å². The Morgan fingerprint density at radius 1 is 1.29 bits per heavy atom. The molecule has 0 atom stereocenters. The van der Waals surface area contributed by atoms with E-state index in [1.807, 2.05) is 0 Å². The van der Waals surface area contributed by atoms with Crippen molar-refractivity contribution in [3.8, 4) is 0 Å². The average Bonchev–Trinajstić information content (AvgIpc) is 2.49. The van der Waals surface area contributed by atoms with Crippen LogP contribution in [0.4, 0.5) is 0 Å². The molecule has 1 aliphatic rings. The summed E-state index contributed by atoms with van der Waals surface area (Å²) >= 11 is 0. The second-order valence-electron chi connectivity index (χ2n) is 5.41. The van der Waals surface area contributed by atoms with E-state index in [2.05, 4.69) is 52.9 Å². The van der Waals surface area contributed by atoms with Gasteiger partial charge in [-0.2, -0.15) is 0 Å². The lowest BCUT2D eigenvalue weighted by Gasteiger charge is -2.18. The molecule has 0 heterocycles. The van der Waals surface area contributed by atoms with E-state index in [1.54, 1.807) is 10.7 Å². The van der Waals surface area contributed by atoms with Gasteiger partial charge in [0, 0.05) is 8.41 Å². The molecule has 0 bridgehead atoms. The summed E-state index contributed by atoms with van der Waals surface area (Å²) in [4.78, 5) is 0. The Balaban J connectivity index is 2.90. The van der Waals surface area contributed by atoms with Crippen molar-refractivity contribution >= 4 is 13.6 Å². The van der Waals surface area contributed by atoms with Crippen LogP contribution >= 0.6 is 0 Å². The van der Waals surface area contributed by atoms with E-state index in [4.69, 9.17) is 0 Å². The smallest absolute Gasteiger partial charge is 0.00747 e. The van der Waals surface area contributed by atoms with Crippen molar-refractivity contribution in [3.63, 3.8) is 0 Å². The summed E-state index contributed by atoms with van der Waals surface area (Å²) in [6.07, 6.45) is 5.96. The van der Waals surface area contributed by atoms with Crippen LogP contribution in [-0.2, 0) is 0 Å².